The topological polar surface area (TPSA) is 68.8 Å². The van der Waals surface area contributed by atoms with Crippen LogP contribution in [0.2, 0.25) is 0 Å². The molecule has 4 aromatic rings. The lowest BCUT2D eigenvalue weighted by molar-refractivity contribution is 0.283. The average molecular weight is 397 g/mol. The lowest BCUT2D eigenvalue weighted by Gasteiger charge is -2.07. The maximum Gasteiger partial charge on any atom is 0.277 e. The van der Waals surface area contributed by atoms with Crippen molar-refractivity contribution in [3.8, 4) is 17.0 Å². The zero-order chi connectivity index (χ0) is 20.5. The van der Waals surface area contributed by atoms with Crippen LogP contribution in [0.4, 0.5) is 8.78 Å². The Morgan fingerprint density at radius 3 is 2.48 bits per heavy atom. The van der Waals surface area contributed by atoms with Gasteiger partial charge in [-0.25, -0.2) is 13.3 Å². The maximum absolute atomic E-state index is 13.5. The van der Waals surface area contributed by atoms with Crippen LogP contribution < -0.4 is 10.3 Å². The van der Waals surface area contributed by atoms with E-state index in [2.05, 4.69) is 5.10 Å². The number of nitrogens with zero attached hydrogens (tertiary/aromatic N) is 3. The fourth-order valence-corrected chi connectivity index (χ4v) is 3.24. The minimum absolute atomic E-state index is 0.0560. The summed E-state index contributed by atoms with van der Waals surface area (Å²) in [6.45, 7) is -0.324. The molecule has 1 N–H and O–H groups in total. The van der Waals surface area contributed by atoms with E-state index >= 15 is 0 Å². The second-order valence-corrected chi connectivity index (χ2v) is 6.49. The molecule has 0 bridgehead atoms. The minimum atomic E-state index is -0.973. The summed E-state index contributed by atoms with van der Waals surface area (Å²) in [5.74, 6) is -1.24. The summed E-state index contributed by atoms with van der Waals surface area (Å²) in [6.07, 6.45) is 3.10. The quantitative estimate of drug-likeness (QED) is 0.562. The normalized spacial score (nSPS) is 11.2. The number of hydrogen-bond donors (Lipinski definition) is 1. The number of halogens is 2. The van der Waals surface area contributed by atoms with Crippen LogP contribution in [0.1, 0.15) is 11.1 Å². The summed E-state index contributed by atoms with van der Waals surface area (Å²) in [5.41, 5.74) is 1.87. The van der Waals surface area contributed by atoms with Gasteiger partial charge in [0.05, 0.1) is 26.0 Å². The van der Waals surface area contributed by atoms with Crippen LogP contribution in [-0.2, 0) is 13.2 Å². The SMILES string of the molecule is COc1ccc(-c2nn3ccn(Cc4ccc(F)c(F)c4)c(=O)c3c2CO)cc1. The summed E-state index contributed by atoms with van der Waals surface area (Å²) >= 11 is 0. The van der Waals surface area contributed by atoms with Gasteiger partial charge in [0.15, 0.2) is 11.6 Å². The highest BCUT2D eigenvalue weighted by Gasteiger charge is 2.18. The predicted octanol–water partition coefficient (Wildman–Crippen LogP) is 2.99. The van der Waals surface area contributed by atoms with Crippen molar-refractivity contribution in [2.45, 2.75) is 13.2 Å². The molecule has 0 saturated heterocycles. The molecule has 0 spiro atoms. The highest BCUT2D eigenvalue weighted by atomic mass is 19.2. The van der Waals surface area contributed by atoms with E-state index in [1.54, 1.807) is 37.6 Å². The summed E-state index contributed by atoms with van der Waals surface area (Å²) in [6, 6.07) is 10.6. The first-order valence-corrected chi connectivity index (χ1v) is 8.81. The first-order valence-electron chi connectivity index (χ1n) is 8.81. The van der Waals surface area contributed by atoms with E-state index in [9.17, 15) is 18.7 Å². The van der Waals surface area contributed by atoms with Crippen LogP contribution in [0.15, 0.2) is 59.7 Å². The number of fused-ring (bicyclic) bond motifs is 1. The number of aliphatic hydroxyl groups is 1. The molecule has 0 fully saturated rings. The summed E-state index contributed by atoms with van der Waals surface area (Å²) in [7, 11) is 1.56. The van der Waals surface area contributed by atoms with E-state index in [1.165, 1.54) is 21.3 Å². The van der Waals surface area contributed by atoms with Crippen molar-refractivity contribution in [3.63, 3.8) is 0 Å². The Labute approximate surface area is 164 Å². The molecule has 2 heterocycles. The number of ether oxygens (including phenoxy) is 1. The molecule has 0 atom stereocenters. The molecule has 0 aliphatic rings. The molecule has 2 aromatic heterocycles. The Morgan fingerprint density at radius 2 is 1.83 bits per heavy atom. The van der Waals surface area contributed by atoms with E-state index in [4.69, 9.17) is 4.74 Å². The third-order valence-electron chi connectivity index (χ3n) is 4.72. The van der Waals surface area contributed by atoms with Gasteiger partial charge in [-0.2, -0.15) is 5.10 Å². The molecular formula is C21H17F2N3O3. The van der Waals surface area contributed by atoms with E-state index in [0.717, 1.165) is 17.7 Å². The van der Waals surface area contributed by atoms with Crippen molar-refractivity contribution in [1.29, 1.82) is 0 Å². The Kier molecular flexibility index (Phi) is 4.85. The number of rotatable bonds is 5. The molecule has 8 heteroatoms. The lowest BCUT2D eigenvalue weighted by Crippen LogP contribution is -2.22. The van der Waals surface area contributed by atoms with Crippen LogP contribution in [-0.4, -0.2) is 26.4 Å². The molecular weight excluding hydrogens is 380 g/mol. The van der Waals surface area contributed by atoms with Crippen molar-refractivity contribution in [2.75, 3.05) is 7.11 Å². The summed E-state index contributed by atoms with van der Waals surface area (Å²) in [5, 5.41) is 14.4. The third-order valence-corrected chi connectivity index (χ3v) is 4.72. The molecule has 0 amide bonds. The van der Waals surface area contributed by atoms with Gasteiger partial charge in [-0.3, -0.25) is 4.79 Å². The average Bonchev–Trinajstić information content (AvgIpc) is 3.12. The number of hydrogen-bond acceptors (Lipinski definition) is 4. The van der Waals surface area contributed by atoms with Gasteiger partial charge < -0.3 is 14.4 Å². The van der Waals surface area contributed by atoms with Gasteiger partial charge in [0.1, 0.15) is 11.3 Å². The van der Waals surface area contributed by atoms with E-state index in [0.29, 0.717) is 22.6 Å². The molecule has 0 unspecified atom stereocenters. The predicted molar refractivity (Wildman–Crippen MR) is 103 cm³/mol. The molecule has 148 valence electrons. The summed E-state index contributed by atoms with van der Waals surface area (Å²) < 4.78 is 34.5. The minimum Gasteiger partial charge on any atom is -0.497 e. The van der Waals surface area contributed by atoms with Crippen molar-refractivity contribution in [3.05, 3.63) is 88.0 Å². The first-order chi connectivity index (χ1) is 14.0. The van der Waals surface area contributed by atoms with Crippen molar-refractivity contribution >= 4 is 5.52 Å². The van der Waals surface area contributed by atoms with Crippen LogP contribution in [0.3, 0.4) is 0 Å². The highest BCUT2D eigenvalue weighted by molar-refractivity contribution is 5.72. The molecule has 0 saturated carbocycles. The number of methoxy groups -OCH3 is 1. The fraction of sp³-hybridized carbons (Fsp3) is 0.143. The van der Waals surface area contributed by atoms with Gasteiger partial charge in [0.2, 0.25) is 0 Å². The second kappa shape index (κ2) is 7.48. The van der Waals surface area contributed by atoms with Crippen LogP contribution in [0.25, 0.3) is 16.8 Å². The Hall–Kier alpha value is -3.52. The zero-order valence-corrected chi connectivity index (χ0v) is 15.5. The molecule has 29 heavy (non-hydrogen) atoms. The number of aromatic nitrogens is 3. The van der Waals surface area contributed by atoms with E-state index < -0.39 is 17.2 Å². The third kappa shape index (κ3) is 3.38. The van der Waals surface area contributed by atoms with Gasteiger partial charge >= 0.3 is 0 Å². The standard InChI is InChI=1S/C21H17F2N3O3/c1-29-15-5-3-14(4-6-15)19-16(12-27)20-21(28)25(8-9-26(20)24-19)11-13-2-7-17(22)18(23)10-13/h2-10,27H,11-12H2,1H3. The van der Waals surface area contributed by atoms with Crippen LogP contribution in [0.5, 0.6) is 5.75 Å². The molecule has 4 rings (SSSR count). The van der Waals surface area contributed by atoms with Crippen molar-refractivity contribution < 1.29 is 18.6 Å². The number of benzene rings is 2. The van der Waals surface area contributed by atoms with Gasteiger partial charge in [-0.15, -0.1) is 0 Å². The van der Waals surface area contributed by atoms with Crippen molar-refractivity contribution in [1.82, 2.24) is 14.2 Å². The fourth-order valence-electron chi connectivity index (χ4n) is 3.24. The zero-order valence-electron chi connectivity index (χ0n) is 15.5. The lowest BCUT2D eigenvalue weighted by atomic mass is 10.1. The van der Waals surface area contributed by atoms with Crippen molar-refractivity contribution in [2.24, 2.45) is 0 Å². The van der Waals surface area contributed by atoms with Gasteiger partial charge in [0.25, 0.3) is 5.56 Å². The maximum atomic E-state index is 13.5. The molecule has 2 aromatic carbocycles. The monoisotopic (exact) mass is 397 g/mol. The molecule has 0 aliphatic carbocycles. The molecule has 0 aliphatic heterocycles. The Morgan fingerprint density at radius 1 is 1.07 bits per heavy atom. The van der Waals surface area contributed by atoms with Crippen LogP contribution >= 0.6 is 0 Å². The van der Waals surface area contributed by atoms with Gasteiger partial charge in [-0.05, 0) is 42.0 Å². The smallest absolute Gasteiger partial charge is 0.277 e. The van der Waals surface area contributed by atoms with Crippen LogP contribution in [0, 0.1) is 11.6 Å². The highest BCUT2D eigenvalue weighted by Crippen LogP contribution is 2.26. The summed E-state index contributed by atoms with van der Waals surface area (Å²) in [4.78, 5) is 13.0. The van der Waals surface area contributed by atoms with Gasteiger partial charge in [-0.1, -0.05) is 6.07 Å². The Balaban J connectivity index is 1.80. The van der Waals surface area contributed by atoms with E-state index in [-0.39, 0.29) is 18.7 Å². The Bertz CT molecular complexity index is 1250. The molecule has 0 radical (unpaired) electrons. The molecule has 6 nitrogen and oxygen atoms in total. The van der Waals surface area contributed by atoms with E-state index in [1.807, 2.05) is 0 Å². The largest absolute Gasteiger partial charge is 0.497 e. The number of aliphatic hydroxyl groups excluding tert-OH is 1. The second-order valence-electron chi connectivity index (χ2n) is 6.49. The van der Waals surface area contributed by atoms with Gasteiger partial charge in [0, 0.05) is 23.5 Å². The first kappa shape index (κ1) is 18.8.